The van der Waals surface area contributed by atoms with Gasteiger partial charge < -0.3 is 14.8 Å². The maximum atomic E-state index is 12.9. The van der Waals surface area contributed by atoms with Crippen LogP contribution in [0.2, 0.25) is 0 Å². The Balaban J connectivity index is 1.65. The van der Waals surface area contributed by atoms with E-state index in [1.165, 1.54) is 0 Å². The second-order valence-electron chi connectivity index (χ2n) is 6.42. The van der Waals surface area contributed by atoms with Gasteiger partial charge in [-0.25, -0.2) is 0 Å². The minimum atomic E-state index is -0.177. The maximum absolute atomic E-state index is 12.9. The topological polar surface area (TPSA) is 47.6 Å². The first-order chi connectivity index (χ1) is 13.7. The van der Waals surface area contributed by atoms with Crippen LogP contribution in [0.25, 0.3) is 0 Å². The Hall–Kier alpha value is -3.27. The van der Waals surface area contributed by atoms with E-state index in [0.717, 1.165) is 29.0 Å². The van der Waals surface area contributed by atoms with E-state index in [1.54, 1.807) is 12.1 Å². The van der Waals surface area contributed by atoms with Gasteiger partial charge in [-0.3, -0.25) is 4.79 Å². The van der Waals surface area contributed by atoms with Crippen LogP contribution in [0.15, 0.2) is 72.8 Å². The van der Waals surface area contributed by atoms with E-state index >= 15 is 0 Å². The number of anilines is 1. The van der Waals surface area contributed by atoms with Crippen LogP contribution in [0.1, 0.15) is 28.4 Å². The summed E-state index contributed by atoms with van der Waals surface area (Å²) in [5.41, 5.74) is 3.54. The summed E-state index contributed by atoms with van der Waals surface area (Å²) in [7, 11) is 0. The molecular formula is C24H25NO3. The van der Waals surface area contributed by atoms with Gasteiger partial charge in [0.15, 0.2) is 0 Å². The molecule has 0 saturated heterocycles. The molecule has 0 unspecified atom stereocenters. The second-order valence-corrected chi connectivity index (χ2v) is 6.42. The fraction of sp³-hybridized carbons (Fsp3) is 0.208. The Morgan fingerprint density at radius 1 is 0.857 bits per heavy atom. The molecule has 0 saturated carbocycles. The quantitative estimate of drug-likeness (QED) is 0.546. The molecule has 4 heteroatoms. The van der Waals surface area contributed by atoms with Crippen LogP contribution in [0.3, 0.4) is 0 Å². The highest BCUT2D eigenvalue weighted by Crippen LogP contribution is 2.24. The zero-order valence-corrected chi connectivity index (χ0v) is 16.3. The summed E-state index contributed by atoms with van der Waals surface area (Å²) in [6.45, 7) is 4.83. The summed E-state index contributed by atoms with van der Waals surface area (Å²) in [4.78, 5) is 12.9. The summed E-state index contributed by atoms with van der Waals surface area (Å²) < 4.78 is 11.5. The van der Waals surface area contributed by atoms with Crippen molar-refractivity contribution in [3.05, 3.63) is 89.5 Å². The van der Waals surface area contributed by atoms with Crippen LogP contribution < -0.4 is 14.8 Å². The third kappa shape index (κ3) is 4.92. The molecule has 0 aliphatic heterocycles. The Morgan fingerprint density at radius 3 is 2.36 bits per heavy atom. The van der Waals surface area contributed by atoms with Crippen molar-refractivity contribution in [3.63, 3.8) is 0 Å². The van der Waals surface area contributed by atoms with Crippen molar-refractivity contribution in [1.29, 1.82) is 0 Å². The third-order valence-electron chi connectivity index (χ3n) is 4.46. The fourth-order valence-electron chi connectivity index (χ4n) is 2.99. The number of hydrogen-bond acceptors (Lipinski definition) is 3. The standard InChI is InChI=1S/C24H25NO3/c1-3-19-11-9-10-18(2)23(19)25-24(26)21-14-7-8-15-22(21)28-17-16-27-20-12-5-4-6-13-20/h4-15H,3,16-17H2,1-2H3,(H,25,26). The molecule has 3 aromatic carbocycles. The van der Waals surface area contributed by atoms with E-state index in [4.69, 9.17) is 9.47 Å². The van der Waals surface area contributed by atoms with Gasteiger partial charge in [0.05, 0.1) is 5.56 Å². The van der Waals surface area contributed by atoms with Crippen LogP contribution in [-0.4, -0.2) is 19.1 Å². The number of benzene rings is 3. The number of carbonyl (C=O) groups is 1. The van der Waals surface area contributed by atoms with Crippen molar-refractivity contribution in [2.45, 2.75) is 20.3 Å². The number of rotatable bonds is 8. The molecule has 0 aliphatic rings. The van der Waals surface area contributed by atoms with Crippen molar-refractivity contribution in [2.75, 3.05) is 18.5 Å². The van der Waals surface area contributed by atoms with Crippen LogP contribution >= 0.6 is 0 Å². The zero-order valence-electron chi connectivity index (χ0n) is 16.3. The van der Waals surface area contributed by atoms with Crippen molar-refractivity contribution < 1.29 is 14.3 Å². The number of aryl methyl sites for hydroxylation is 2. The van der Waals surface area contributed by atoms with Gasteiger partial charge in [-0.2, -0.15) is 0 Å². The van der Waals surface area contributed by atoms with E-state index in [0.29, 0.717) is 24.5 Å². The monoisotopic (exact) mass is 375 g/mol. The molecular weight excluding hydrogens is 350 g/mol. The fourth-order valence-corrected chi connectivity index (χ4v) is 2.99. The zero-order chi connectivity index (χ0) is 19.8. The smallest absolute Gasteiger partial charge is 0.259 e. The van der Waals surface area contributed by atoms with Crippen molar-refractivity contribution >= 4 is 11.6 Å². The van der Waals surface area contributed by atoms with Crippen LogP contribution in [0, 0.1) is 6.92 Å². The second kappa shape index (κ2) is 9.60. The molecule has 0 bridgehead atoms. The van der Waals surface area contributed by atoms with Gasteiger partial charge in [0, 0.05) is 5.69 Å². The molecule has 0 radical (unpaired) electrons. The molecule has 4 nitrogen and oxygen atoms in total. The molecule has 0 fully saturated rings. The molecule has 0 atom stereocenters. The SMILES string of the molecule is CCc1cccc(C)c1NC(=O)c1ccccc1OCCOc1ccccc1. The lowest BCUT2D eigenvalue weighted by Gasteiger charge is -2.15. The average Bonchev–Trinajstić information content (AvgIpc) is 2.73. The molecule has 0 aliphatic carbocycles. The molecule has 0 heterocycles. The van der Waals surface area contributed by atoms with Gasteiger partial charge in [0.1, 0.15) is 24.7 Å². The highest BCUT2D eigenvalue weighted by atomic mass is 16.5. The molecule has 0 aromatic heterocycles. The number of amides is 1. The number of ether oxygens (including phenoxy) is 2. The van der Waals surface area contributed by atoms with Crippen molar-refractivity contribution in [1.82, 2.24) is 0 Å². The van der Waals surface area contributed by atoms with Crippen LogP contribution in [0.4, 0.5) is 5.69 Å². The summed E-state index contributed by atoms with van der Waals surface area (Å²) in [6, 6.07) is 22.9. The molecule has 3 aromatic rings. The Kier molecular flexibility index (Phi) is 6.68. The van der Waals surface area contributed by atoms with Gasteiger partial charge in [-0.05, 0) is 48.7 Å². The summed E-state index contributed by atoms with van der Waals surface area (Å²) in [6.07, 6.45) is 0.853. The minimum Gasteiger partial charge on any atom is -0.490 e. The first-order valence-electron chi connectivity index (χ1n) is 9.48. The Labute approximate surface area is 166 Å². The first-order valence-corrected chi connectivity index (χ1v) is 9.48. The Morgan fingerprint density at radius 2 is 1.57 bits per heavy atom. The molecule has 144 valence electrons. The van der Waals surface area contributed by atoms with Gasteiger partial charge in [0.2, 0.25) is 0 Å². The predicted octanol–water partition coefficient (Wildman–Crippen LogP) is 5.27. The van der Waals surface area contributed by atoms with Crippen molar-refractivity contribution in [3.8, 4) is 11.5 Å². The normalized spacial score (nSPS) is 10.4. The lowest BCUT2D eigenvalue weighted by atomic mass is 10.1. The van der Waals surface area contributed by atoms with Crippen LogP contribution in [-0.2, 0) is 6.42 Å². The third-order valence-corrected chi connectivity index (χ3v) is 4.46. The van der Waals surface area contributed by atoms with E-state index < -0.39 is 0 Å². The maximum Gasteiger partial charge on any atom is 0.259 e. The van der Waals surface area contributed by atoms with Gasteiger partial charge in [0.25, 0.3) is 5.91 Å². The number of carbonyl (C=O) groups excluding carboxylic acids is 1. The molecule has 0 spiro atoms. The lowest BCUT2D eigenvalue weighted by Crippen LogP contribution is -2.17. The minimum absolute atomic E-state index is 0.177. The van der Waals surface area contributed by atoms with E-state index in [9.17, 15) is 4.79 Å². The van der Waals surface area contributed by atoms with E-state index in [2.05, 4.69) is 12.2 Å². The molecule has 28 heavy (non-hydrogen) atoms. The molecule has 1 N–H and O–H groups in total. The molecule has 1 amide bonds. The first kappa shape index (κ1) is 19.5. The van der Waals surface area contributed by atoms with Gasteiger partial charge in [-0.1, -0.05) is 55.5 Å². The summed E-state index contributed by atoms with van der Waals surface area (Å²) in [5, 5.41) is 3.05. The molecule has 3 rings (SSSR count). The van der Waals surface area contributed by atoms with Crippen molar-refractivity contribution in [2.24, 2.45) is 0 Å². The van der Waals surface area contributed by atoms with E-state index in [-0.39, 0.29) is 5.91 Å². The van der Waals surface area contributed by atoms with Crippen LogP contribution in [0.5, 0.6) is 11.5 Å². The number of para-hydroxylation sites is 3. The summed E-state index contributed by atoms with van der Waals surface area (Å²) in [5.74, 6) is 1.16. The van der Waals surface area contributed by atoms with E-state index in [1.807, 2.05) is 67.6 Å². The summed E-state index contributed by atoms with van der Waals surface area (Å²) >= 11 is 0. The highest BCUT2D eigenvalue weighted by molar-refractivity contribution is 6.06. The lowest BCUT2D eigenvalue weighted by molar-refractivity contribution is 0.102. The largest absolute Gasteiger partial charge is 0.490 e. The predicted molar refractivity (Wildman–Crippen MR) is 112 cm³/mol. The number of nitrogens with one attached hydrogen (secondary N) is 1. The highest BCUT2D eigenvalue weighted by Gasteiger charge is 2.15. The number of hydrogen-bond donors (Lipinski definition) is 1. The Bertz CT molecular complexity index is 922. The van der Waals surface area contributed by atoms with Gasteiger partial charge >= 0.3 is 0 Å². The average molecular weight is 375 g/mol. The van der Waals surface area contributed by atoms with Gasteiger partial charge in [-0.15, -0.1) is 0 Å².